The van der Waals surface area contributed by atoms with E-state index in [4.69, 9.17) is 19.2 Å². The van der Waals surface area contributed by atoms with Crippen molar-refractivity contribution in [3.63, 3.8) is 0 Å². The first-order valence-corrected chi connectivity index (χ1v) is 12.4. The molecule has 0 saturated carbocycles. The Morgan fingerprint density at radius 1 is 1.22 bits per heavy atom. The Morgan fingerprint density at radius 2 is 1.97 bits per heavy atom. The summed E-state index contributed by atoms with van der Waals surface area (Å²) in [7, 11) is 1.53. The zero-order valence-corrected chi connectivity index (χ0v) is 22.4. The molecule has 9 nitrogen and oxygen atoms in total. The van der Waals surface area contributed by atoms with Crippen molar-refractivity contribution in [3.8, 4) is 11.5 Å². The molecule has 0 radical (unpaired) electrons. The molecule has 1 aromatic heterocycles. The summed E-state index contributed by atoms with van der Waals surface area (Å²) in [6.07, 6.45) is 1.53. The Hall–Kier alpha value is -3.24. The van der Waals surface area contributed by atoms with Gasteiger partial charge in [-0.1, -0.05) is 42.8 Å². The smallest absolute Gasteiger partial charge is 0.282 e. The molecule has 1 saturated heterocycles. The quantitative estimate of drug-likeness (QED) is 0.430. The van der Waals surface area contributed by atoms with Gasteiger partial charge >= 0.3 is 0 Å². The van der Waals surface area contributed by atoms with E-state index in [-0.39, 0.29) is 18.1 Å². The molecule has 0 bridgehead atoms. The molecular formula is C26H29BrN4O5. The van der Waals surface area contributed by atoms with E-state index in [9.17, 15) is 9.59 Å². The first-order valence-electron chi connectivity index (χ1n) is 11.6. The van der Waals surface area contributed by atoms with Crippen LogP contribution >= 0.6 is 15.9 Å². The molecule has 10 heteroatoms. The summed E-state index contributed by atoms with van der Waals surface area (Å²) < 4.78 is 18.8. The van der Waals surface area contributed by atoms with E-state index in [1.165, 1.54) is 18.0 Å². The first-order chi connectivity index (χ1) is 17.2. The molecule has 4 rings (SSSR count). The van der Waals surface area contributed by atoms with Gasteiger partial charge in [-0.15, -0.1) is 0 Å². The Bertz CT molecular complexity index is 1360. The van der Waals surface area contributed by atoms with E-state index in [1.807, 2.05) is 32.9 Å². The standard InChI is InChI=1S/C26H29BrN4O5/c1-26(2,3)25-29-20-9-8-18(27)14-19(20)24(33)31(25)28-15-17-6-5-7-21(34-4)23(17)36-16-22(32)30-10-12-35-13-11-30/h5-9,14-15H,10-13,16H2,1-4H3. The van der Waals surface area contributed by atoms with Crippen LogP contribution in [0.1, 0.15) is 32.2 Å². The van der Waals surface area contributed by atoms with Gasteiger partial charge in [-0.2, -0.15) is 9.78 Å². The number of para-hydroxylation sites is 1. The lowest BCUT2D eigenvalue weighted by atomic mass is 9.95. The minimum absolute atomic E-state index is 0.136. The SMILES string of the molecule is COc1cccc(C=Nn2c(C(C)(C)C)nc3ccc(Br)cc3c2=O)c1OCC(=O)N1CCOCC1. The summed E-state index contributed by atoms with van der Waals surface area (Å²) in [6, 6.07) is 10.7. The van der Waals surface area contributed by atoms with Crippen molar-refractivity contribution in [1.29, 1.82) is 0 Å². The number of aromatic nitrogens is 2. The van der Waals surface area contributed by atoms with Crippen LogP contribution in [0.2, 0.25) is 0 Å². The third kappa shape index (κ3) is 5.60. The molecule has 0 aliphatic carbocycles. The lowest BCUT2D eigenvalue weighted by Gasteiger charge is -2.27. The predicted octanol–water partition coefficient (Wildman–Crippen LogP) is 3.58. The number of hydrogen-bond acceptors (Lipinski definition) is 7. The second-order valence-electron chi connectivity index (χ2n) is 9.37. The van der Waals surface area contributed by atoms with Gasteiger partial charge in [0.25, 0.3) is 11.5 Å². The number of rotatable bonds is 6. The van der Waals surface area contributed by atoms with Gasteiger partial charge in [0, 0.05) is 28.5 Å². The highest BCUT2D eigenvalue weighted by Gasteiger charge is 2.23. The van der Waals surface area contributed by atoms with E-state index in [1.54, 1.807) is 29.2 Å². The van der Waals surface area contributed by atoms with Crippen molar-refractivity contribution < 1.29 is 19.0 Å². The molecular weight excluding hydrogens is 528 g/mol. The molecule has 1 fully saturated rings. The number of carbonyl (C=O) groups is 1. The van der Waals surface area contributed by atoms with Gasteiger partial charge in [-0.25, -0.2) is 4.98 Å². The third-order valence-corrected chi connectivity index (χ3v) is 6.22. The molecule has 3 aromatic rings. The Morgan fingerprint density at radius 3 is 2.67 bits per heavy atom. The number of carbonyl (C=O) groups excluding carboxylic acids is 1. The Balaban J connectivity index is 1.71. The van der Waals surface area contributed by atoms with Gasteiger partial charge in [0.15, 0.2) is 18.1 Å². The fraction of sp³-hybridized carbons (Fsp3) is 0.385. The summed E-state index contributed by atoms with van der Waals surface area (Å²) in [5.41, 5.74) is 0.433. The molecule has 1 aliphatic rings. The van der Waals surface area contributed by atoms with Crippen LogP contribution in [0.15, 0.2) is 50.8 Å². The number of amides is 1. The number of benzene rings is 2. The number of halogens is 1. The fourth-order valence-electron chi connectivity index (χ4n) is 3.85. The molecule has 0 unspecified atom stereocenters. The van der Waals surface area contributed by atoms with Crippen molar-refractivity contribution in [2.45, 2.75) is 26.2 Å². The minimum Gasteiger partial charge on any atom is -0.493 e. The number of nitrogens with zero attached hydrogens (tertiary/aromatic N) is 4. The first kappa shape index (κ1) is 25.8. The van der Waals surface area contributed by atoms with Crippen molar-refractivity contribution >= 4 is 39.0 Å². The monoisotopic (exact) mass is 556 g/mol. The molecule has 0 N–H and O–H groups in total. The third-order valence-electron chi connectivity index (χ3n) is 5.72. The van der Waals surface area contributed by atoms with Gasteiger partial charge in [-0.05, 0) is 30.3 Å². The van der Waals surface area contributed by atoms with Crippen LogP contribution < -0.4 is 15.0 Å². The summed E-state index contributed by atoms with van der Waals surface area (Å²) in [5, 5.41) is 4.98. The molecule has 190 valence electrons. The van der Waals surface area contributed by atoms with Crippen molar-refractivity contribution in [2.24, 2.45) is 5.10 Å². The molecule has 0 spiro atoms. The van der Waals surface area contributed by atoms with Gasteiger partial charge < -0.3 is 19.1 Å². The number of morpholine rings is 1. The number of ether oxygens (including phenoxy) is 3. The molecule has 0 atom stereocenters. The van der Waals surface area contributed by atoms with E-state index in [0.717, 1.165) is 4.47 Å². The van der Waals surface area contributed by atoms with E-state index in [0.29, 0.717) is 60.1 Å². The average molecular weight is 557 g/mol. The molecule has 36 heavy (non-hydrogen) atoms. The topological polar surface area (TPSA) is 95.2 Å². The highest BCUT2D eigenvalue weighted by Crippen LogP contribution is 2.30. The normalized spacial score (nSPS) is 14.4. The van der Waals surface area contributed by atoms with Crippen LogP contribution in [0.25, 0.3) is 10.9 Å². The maximum absolute atomic E-state index is 13.4. The number of fused-ring (bicyclic) bond motifs is 1. The summed E-state index contributed by atoms with van der Waals surface area (Å²) in [6.45, 7) is 7.87. The summed E-state index contributed by atoms with van der Waals surface area (Å²) in [4.78, 5) is 32.5. The second kappa shape index (κ2) is 10.8. The van der Waals surface area contributed by atoms with Gasteiger partial charge in [0.2, 0.25) is 0 Å². The van der Waals surface area contributed by atoms with Crippen LogP contribution in [0.3, 0.4) is 0 Å². The van der Waals surface area contributed by atoms with Gasteiger partial charge in [0.1, 0.15) is 5.82 Å². The Labute approximate surface area is 217 Å². The zero-order chi connectivity index (χ0) is 25.9. The number of methoxy groups -OCH3 is 1. The molecule has 2 heterocycles. The highest BCUT2D eigenvalue weighted by molar-refractivity contribution is 9.10. The van der Waals surface area contributed by atoms with Crippen molar-refractivity contribution in [2.75, 3.05) is 40.0 Å². The maximum Gasteiger partial charge on any atom is 0.282 e. The van der Waals surface area contributed by atoms with Crippen LogP contribution in [0, 0.1) is 0 Å². The van der Waals surface area contributed by atoms with Gasteiger partial charge in [0.05, 0.1) is 37.4 Å². The molecule has 1 aliphatic heterocycles. The Kier molecular flexibility index (Phi) is 7.75. The van der Waals surface area contributed by atoms with Crippen LogP contribution in [-0.2, 0) is 14.9 Å². The lowest BCUT2D eigenvalue weighted by molar-refractivity contribution is -0.137. The van der Waals surface area contributed by atoms with Crippen LogP contribution in [-0.4, -0.2) is 66.7 Å². The highest BCUT2D eigenvalue weighted by atomic mass is 79.9. The van der Waals surface area contributed by atoms with Crippen LogP contribution in [0.4, 0.5) is 0 Å². The molecule has 2 aromatic carbocycles. The van der Waals surface area contributed by atoms with Crippen LogP contribution in [0.5, 0.6) is 11.5 Å². The minimum atomic E-state index is -0.448. The fourth-order valence-corrected chi connectivity index (χ4v) is 4.21. The predicted molar refractivity (Wildman–Crippen MR) is 141 cm³/mol. The lowest BCUT2D eigenvalue weighted by Crippen LogP contribution is -2.43. The van der Waals surface area contributed by atoms with Crippen molar-refractivity contribution in [1.82, 2.24) is 14.6 Å². The second-order valence-corrected chi connectivity index (χ2v) is 10.3. The van der Waals surface area contributed by atoms with E-state index < -0.39 is 5.41 Å². The molecule has 1 amide bonds. The zero-order valence-electron chi connectivity index (χ0n) is 20.8. The van der Waals surface area contributed by atoms with Gasteiger partial charge in [-0.3, -0.25) is 9.59 Å². The number of hydrogen-bond donors (Lipinski definition) is 0. The summed E-state index contributed by atoms with van der Waals surface area (Å²) in [5.74, 6) is 1.21. The van der Waals surface area contributed by atoms with E-state index >= 15 is 0 Å². The van der Waals surface area contributed by atoms with Crippen molar-refractivity contribution in [3.05, 3.63) is 62.6 Å². The average Bonchev–Trinajstić information content (AvgIpc) is 2.87. The maximum atomic E-state index is 13.4. The largest absolute Gasteiger partial charge is 0.493 e. The summed E-state index contributed by atoms with van der Waals surface area (Å²) >= 11 is 3.43. The van der Waals surface area contributed by atoms with E-state index in [2.05, 4.69) is 21.0 Å².